The quantitative estimate of drug-likeness (QED) is 0.610. The molecule has 1 aromatic carbocycles. The normalized spacial score (nSPS) is 14.8. The summed E-state index contributed by atoms with van der Waals surface area (Å²) in [6, 6.07) is 7.12. The Labute approximate surface area is 130 Å². The van der Waals surface area contributed by atoms with E-state index in [0.717, 1.165) is 19.6 Å². The molecule has 0 fully saturated rings. The average Bonchev–Trinajstić information content (AvgIpc) is 2.98. The molecule has 1 aliphatic heterocycles. The second-order valence-electron chi connectivity index (χ2n) is 6.14. The van der Waals surface area contributed by atoms with Gasteiger partial charge in [-0.1, -0.05) is 64.2 Å². The van der Waals surface area contributed by atoms with Crippen LogP contribution < -0.4 is 10.1 Å². The van der Waals surface area contributed by atoms with E-state index in [2.05, 4.69) is 37.4 Å². The largest absolute Gasteiger partial charge is 0.493 e. The number of hydrogen-bond acceptors (Lipinski definition) is 2. The van der Waals surface area contributed by atoms with Crippen molar-refractivity contribution in [1.82, 2.24) is 5.32 Å². The van der Waals surface area contributed by atoms with E-state index in [0.29, 0.717) is 6.04 Å². The molecule has 2 rings (SSSR count). The Bertz CT molecular complexity index is 416. The zero-order valence-corrected chi connectivity index (χ0v) is 13.8. The summed E-state index contributed by atoms with van der Waals surface area (Å²) in [7, 11) is 0. The van der Waals surface area contributed by atoms with Gasteiger partial charge in [0.15, 0.2) is 0 Å². The highest BCUT2D eigenvalue weighted by molar-refractivity contribution is 5.45. The summed E-state index contributed by atoms with van der Waals surface area (Å²) in [4.78, 5) is 0. The van der Waals surface area contributed by atoms with E-state index in [1.54, 1.807) is 0 Å². The summed E-state index contributed by atoms with van der Waals surface area (Å²) in [5, 5.41) is 3.73. The standard InChI is InChI=1S/C19H31NO/c1-3-5-6-7-8-12-18(20-14-4-2)17-11-9-10-16-13-15-21-19(16)17/h9-11,18,20H,3-8,12-15H2,1-2H3. The van der Waals surface area contributed by atoms with Crippen LogP contribution in [0.2, 0.25) is 0 Å². The molecule has 1 aromatic rings. The molecule has 1 aliphatic rings. The van der Waals surface area contributed by atoms with Crippen LogP contribution in [0.25, 0.3) is 0 Å². The summed E-state index contributed by atoms with van der Waals surface area (Å²) in [6.07, 6.45) is 10.2. The molecule has 1 heterocycles. The third kappa shape index (κ3) is 4.74. The maximum Gasteiger partial charge on any atom is 0.127 e. The fourth-order valence-corrected chi connectivity index (χ4v) is 3.15. The van der Waals surface area contributed by atoms with Crippen LogP contribution in [0.3, 0.4) is 0 Å². The molecule has 1 atom stereocenters. The number of benzene rings is 1. The van der Waals surface area contributed by atoms with Gasteiger partial charge < -0.3 is 10.1 Å². The Morgan fingerprint density at radius 1 is 1.10 bits per heavy atom. The fourth-order valence-electron chi connectivity index (χ4n) is 3.15. The van der Waals surface area contributed by atoms with Crippen molar-refractivity contribution in [2.75, 3.05) is 13.2 Å². The molecule has 0 aliphatic carbocycles. The van der Waals surface area contributed by atoms with Gasteiger partial charge >= 0.3 is 0 Å². The van der Waals surface area contributed by atoms with E-state index in [-0.39, 0.29) is 0 Å². The molecule has 1 unspecified atom stereocenters. The summed E-state index contributed by atoms with van der Waals surface area (Å²) in [5.41, 5.74) is 2.77. The van der Waals surface area contributed by atoms with Gasteiger partial charge in [0.1, 0.15) is 5.75 Å². The average molecular weight is 289 g/mol. The van der Waals surface area contributed by atoms with Crippen molar-refractivity contribution in [3.63, 3.8) is 0 Å². The lowest BCUT2D eigenvalue weighted by Gasteiger charge is -2.21. The van der Waals surface area contributed by atoms with Gasteiger partial charge in [-0.2, -0.15) is 0 Å². The minimum absolute atomic E-state index is 0.458. The molecule has 0 spiro atoms. The molecule has 0 saturated carbocycles. The summed E-state index contributed by atoms with van der Waals surface area (Å²) >= 11 is 0. The topological polar surface area (TPSA) is 21.3 Å². The number of hydrogen-bond donors (Lipinski definition) is 1. The molecular formula is C19H31NO. The lowest BCUT2D eigenvalue weighted by atomic mass is 9.96. The highest BCUT2D eigenvalue weighted by Gasteiger charge is 2.21. The highest BCUT2D eigenvalue weighted by atomic mass is 16.5. The lowest BCUT2D eigenvalue weighted by Crippen LogP contribution is -2.22. The molecular weight excluding hydrogens is 258 g/mol. The number of unbranched alkanes of at least 4 members (excludes halogenated alkanes) is 4. The third-order valence-corrected chi connectivity index (χ3v) is 4.36. The first-order valence-corrected chi connectivity index (χ1v) is 8.84. The SMILES string of the molecule is CCCCCCCC(NCCC)c1cccc2c1OCC2. The lowest BCUT2D eigenvalue weighted by molar-refractivity contribution is 0.345. The van der Waals surface area contributed by atoms with Gasteiger partial charge in [-0.05, 0) is 24.9 Å². The van der Waals surface area contributed by atoms with Crippen molar-refractivity contribution >= 4 is 0 Å². The summed E-state index contributed by atoms with van der Waals surface area (Å²) < 4.78 is 5.90. The third-order valence-electron chi connectivity index (χ3n) is 4.36. The van der Waals surface area contributed by atoms with Crippen LogP contribution in [0.4, 0.5) is 0 Å². The molecule has 2 heteroatoms. The van der Waals surface area contributed by atoms with Crippen molar-refractivity contribution in [1.29, 1.82) is 0 Å². The van der Waals surface area contributed by atoms with Crippen LogP contribution in [0.15, 0.2) is 18.2 Å². The Morgan fingerprint density at radius 2 is 1.95 bits per heavy atom. The molecule has 21 heavy (non-hydrogen) atoms. The minimum atomic E-state index is 0.458. The Morgan fingerprint density at radius 3 is 2.76 bits per heavy atom. The first kappa shape index (κ1) is 16.4. The first-order valence-electron chi connectivity index (χ1n) is 8.84. The number of nitrogens with one attached hydrogen (secondary N) is 1. The minimum Gasteiger partial charge on any atom is -0.493 e. The highest BCUT2D eigenvalue weighted by Crippen LogP contribution is 2.35. The second-order valence-corrected chi connectivity index (χ2v) is 6.14. The van der Waals surface area contributed by atoms with Gasteiger partial charge in [0.05, 0.1) is 6.61 Å². The Kier molecular flexibility index (Phi) is 7.08. The predicted octanol–water partition coefficient (Wildman–Crippen LogP) is 5.02. The van der Waals surface area contributed by atoms with Crippen molar-refractivity contribution in [3.8, 4) is 5.75 Å². The Hall–Kier alpha value is -1.02. The molecule has 1 N–H and O–H groups in total. The molecule has 0 radical (unpaired) electrons. The van der Waals surface area contributed by atoms with Crippen LogP contribution in [0.5, 0.6) is 5.75 Å². The summed E-state index contributed by atoms with van der Waals surface area (Å²) in [5.74, 6) is 1.17. The number of para-hydroxylation sites is 1. The van der Waals surface area contributed by atoms with Crippen molar-refractivity contribution < 1.29 is 4.74 Å². The van der Waals surface area contributed by atoms with Crippen LogP contribution in [-0.4, -0.2) is 13.2 Å². The van der Waals surface area contributed by atoms with Gasteiger partial charge in [0, 0.05) is 18.0 Å². The molecule has 0 aromatic heterocycles. The van der Waals surface area contributed by atoms with E-state index < -0.39 is 0 Å². The van der Waals surface area contributed by atoms with Crippen molar-refractivity contribution in [2.45, 2.75) is 71.3 Å². The van der Waals surface area contributed by atoms with E-state index in [1.807, 2.05) is 0 Å². The van der Waals surface area contributed by atoms with E-state index in [9.17, 15) is 0 Å². The van der Waals surface area contributed by atoms with Crippen LogP contribution in [0.1, 0.15) is 76.0 Å². The maximum absolute atomic E-state index is 5.90. The van der Waals surface area contributed by atoms with Crippen LogP contribution >= 0.6 is 0 Å². The number of rotatable bonds is 10. The Balaban J connectivity index is 1.97. The molecule has 0 amide bonds. The monoisotopic (exact) mass is 289 g/mol. The predicted molar refractivity (Wildman–Crippen MR) is 90.1 cm³/mol. The number of fused-ring (bicyclic) bond motifs is 1. The van der Waals surface area contributed by atoms with Crippen molar-refractivity contribution in [2.24, 2.45) is 0 Å². The van der Waals surface area contributed by atoms with Gasteiger partial charge in [-0.15, -0.1) is 0 Å². The van der Waals surface area contributed by atoms with Crippen LogP contribution in [-0.2, 0) is 6.42 Å². The smallest absolute Gasteiger partial charge is 0.127 e. The van der Waals surface area contributed by atoms with Gasteiger partial charge in [-0.3, -0.25) is 0 Å². The van der Waals surface area contributed by atoms with Gasteiger partial charge in [0.2, 0.25) is 0 Å². The molecule has 2 nitrogen and oxygen atoms in total. The summed E-state index contributed by atoms with van der Waals surface area (Å²) in [6.45, 7) is 6.44. The first-order chi connectivity index (χ1) is 10.4. The zero-order chi connectivity index (χ0) is 14.9. The molecule has 118 valence electrons. The van der Waals surface area contributed by atoms with E-state index in [4.69, 9.17) is 4.74 Å². The van der Waals surface area contributed by atoms with E-state index in [1.165, 1.54) is 61.8 Å². The molecule has 0 bridgehead atoms. The van der Waals surface area contributed by atoms with Crippen LogP contribution in [0, 0.1) is 0 Å². The molecule has 0 saturated heterocycles. The van der Waals surface area contributed by atoms with Gasteiger partial charge in [-0.25, -0.2) is 0 Å². The second kappa shape index (κ2) is 9.09. The zero-order valence-electron chi connectivity index (χ0n) is 13.8. The maximum atomic E-state index is 5.90. The fraction of sp³-hybridized carbons (Fsp3) is 0.684. The van der Waals surface area contributed by atoms with E-state index >= 15 is 0 Å². The van der Waals surface area contributed by atoms with Gasteiger partial charge in [0.25, 0.3) is 0 Å². The number of ether oxygens (including phenoxy) is 1. The van der Waals surface area contributed by atoms with Crippen molar-refractivity contribution in [3.05, 3.63) is 29.3 Å².